The Morgan fingerprint density at radius 1 is 0.250 bits per heavy atom. The highest BCUT2D eigenvalue weighted by molar-refractivity contribution is 5.73. The minimum atomic E-state index is -0.776. The average Bonchev–Trinajstić information content (AvgIpc) is 4.09. The van der Waals surface area contributed by atoms with Gasteiger partial charge in [-0.15, -0.1) is 0 Å². The van der Waals surface area contributed by atoms with Crippen molar-refractivity contribution in [2.45, 2.75) is 48.1 Å². The molecule has 8 aromatic rings. The predicted octanol–water partition coefficient (Wildman–Crippen LogP) is 10.7. The molecule has 8 atom stereocenters. The molecule has 0 aromatic heterocycles. The van der Waals surface area contributed by atoms with E-state index in [1.165, 1.54) is 6.07 Å². The van der Waals surface area contributed by atoms with Crippen molar-refractivity contribution in [3.05, 3.63) is 212 Å². The topological polar surface area (TPSA) is 199 Å². The first-order valence-corrected chi connectivity index (χ1v) is 22.2. The molecule has 2 bridgehead atoms. The molecule has 0 amide bonds. The van der Waals surface area contributed by atoms with E-state index in [4.69, 9.17) is 18.9 Å². The fourth-order valence-electron chi connectivity index (χ4n) is 11.6. The highest BCUT2D eigenvalue weighted by atomic mass is 16.5. The molecule has 0 spiro atoms. The van der Waals surface area contributed by atoms with Crippen molar-refractivity contribution in [1.82, 2.24) is 0 Å². The van der Waals surface area contributed by atoms with Crippen LogP contribution in [0.2, 0.25) is 0 Å². The van der Waals surface area contributed by atoms with E-state index < -0.39 is 48.1 Å². The molecule has 0 saturated heterocycles. The SMILES string of the molecule is Oc1ccc(C2Oc3cc4c5c(c3C2c2cc(O)cc(O)c2)C2c3cc(c(O)cc3OC2c2ccc(O)cc2)C2c3c(cc(O)cc3C5C(c3ccc(O)cc3)O4)OC2c2ccc(O)cc2)cc1. The molecule has 1 aliphatic carbocycles. The summed E-state index contributed by atoms with van der Waals surface area (Å²) in [5, 5.41) is 88.3. The molecule has 0 fully saturated rings. The number of hydrogen-bond donors (Lipinski definition) is 8. The first-order chi connectivity index (χ1) is 32.9. The molecule has 0 radical (unpaired) electrons. The van der Waals surface area contributed by atoms with Crippen molar-refractivity contribution in [1.29, 1.82) is 0 Å². The molecule has 8 unspecified atom stereocenters. The highest BCUT2D eigenvalue weighted by Gasteiger charge is 2.54. The van der Waals surface area contributed by atoms with E-state index in [1.54, 1.807) is 127 Å². The Labute approximate surface area is 388 Å². The maximum Gasteiger partial charge on any atom is 0.135 e. The van der Waals surface area contributed by atoms with Crippen LogP contribution in [0.1, 0.15) is 115 Å². The van der Waals surface area contributed by atoms with Gasteiger partial charge in [0.2, 0.25) is 0 Å². The summed E-state index contributed by atoms with van der Waals surface area (Å²) in [6.07, 6.45) is -3.05. The quantitative estimate of drug-likeness (QED) is 0.0814. The molecule has 0 saturated carbocycles. The van der Waals surface area contributed by atoms with Crippen molar-refractivity contribution in [3.63, 3.8) is 0 Å². The zero-order chi connectivity index (χ0) is 46.3. The highest BCUT2D eigenvalue weighted by Crippen LogP contribution is 2.68. The second-order valence-corrected chi connectivity index (χ2v) is 18.2. The molecule has 68 heavy (non-hydrogen) atoms. The molecule has 4 heterocycles. The standard InChI is InChI=1S/C56H40O12/c57-30-9-1-25(2-10-30)53-45(29-17-34(61)19-35(62)18-29)50-43(67-53)24-44-51-49(56(68-44)28-7-15-33(60)16-8-28)39-20-36(63)21-42-46(39)47(54(66-42)26-3-11-31(58)12-4-26)37-22-38-41(23-40(37)64)65-55(48(38)52(50)51)27-5-13-32(59)14-6-27/h1-24,45,47-49,53-64H. The summed E-state index contributed by atoms with van der Waals surface area (Å²) in [7, 11) is 0. The van der Waals surface area contributed by atoms with Gasteiger partial charge in [0, 0.05) is 52.1 Å². The van der Waals surface area contributed by atoms with Gasteiger partial charge in [0.1, 0.15) is 93.4 Å². The Morgan fingerprint density at radius 2 is 0.632 bits per heavy atom. The monoisotopic (exact) mass is 904 g/mol. The van der Waals surface area contributed by atoms with Crippen LogP contribution in [0.5, 0.6) is 69.0 Å². The summed E-state index contributed by atoms with van der Waals surface area (Å²) in [6, 6.07) is 40.2. The Morgan fingerprint density at radius 3 is 1.12 bits per heavy atom. The summed E-state index contributed by atoms with van der Waals surface area (Å²) < 4.78 is 28.2. The minimum absolute atomic E-state index is 0.0560. The summed E-state index contributed by atoms with van der Waals surface area (Å²) in [5.41, 5.74) is 8.18. The van der Waals surface area contributed by atoms with E-state index >= 15 is 0 Å². The molecular weight excluding hydrogens is 865 g/mol. The van der Waals surface area contributed by atoms with Gasteiger partial charge in [-0.3, -0.25) is 0 Å². The van der Waals surface area contributed by atoms with Gasteiger partial charge in [-0.05, 0) is 112 Å². The molecule has 4 aliphatic heterocycles. The van der Waals surface area contributed by atoms with Gasteiger partial charge in [0.15, 0.2) is 0 Å². The van der Waals surface area contributed by atoms with Gasteiger partial charge in [-0.2, -0.15) is 0 Å². The van der Waals surface area contributed by atoms with E-state index in [1.807, 2.05) is 12.1 Å². The number of phenolic OH excluding ortho intramolecular Hbond substituents is 8. The van der Waals surface area contributed by atoms with Gasteiger partial charge in [-0.25, -0.2) is 0 Å². The molecule has 12 nitrogen and oxygen atoms in total. The fourth-order valence-corrected chi connectivity index (χ4v) is 11.6. The molecule has 8 N–H and O–H groups in total. The number of phenols is 8. The molecule has 336 valence electrons. The lowest BCUT2D eigenvalue weighted by Gasteiger charge is -2.31. The number of benzene rings is 8. The number of ether oxygens (including phenoxy) is 4. The van der Waals surface area contributed by atoms with E-state index in [0.717, 1.165) is 16.7 Å². The van der Waals surface area contributed by atoms with Crippen molar-refractivity contribution < 1.29 is 59.8 Å². The van der Waals surface area contributed by atoms with Crippen LogP contribution < -0.4 is 18.9 Å². The van der Waals surface area contributed by atoms with Crippen LogP contribution in [0.25, 0.3) is 0 Å². The van der Waals surface area contributed by atoms with Crippen LogP contribution in [0, 0.1) is 0 Å². The van der Waals surface area contributed by atoms with Crippen molar-refractivity contribution in [2.24, 2.45) is 0 Å². The second kappa shape index (κ2) is 14.4. The first kappa shape index (κ1) is 39.7. The number of hydrogen-bond acceptors (Lipinski definition) is 12. The molecular formula is C56H40O12. The Balaban J connectivity index is 1.17. The van der Waals surface area contributed by atoms with Crippen LogP contribution in [0.4, 0.5) is 0 Å². The summed E-state index contributed by atoms with van der Waals surface area (Å²) in [5.74, 6) is -1.25. The zero-order valence-electron chi connectivity index (χ0n) is 35.7. The summed E-state index contributed by atoms with van der Waals surface area (Å²) in [6.45, 7) is 0. The van der Waals surface area contributed by atoms with Gasteiger partial charge in [0.05, 0.1) is 23.7 Å². The lowest BCUT2D eigenvalue weighted by Crippen LogP contribution is -2.21. The average molecular weight is 905 g/mol. The van der Waals surface area contributed by atoms with Crippen LogP contribution in [-0.2, 0) is 0 Å². The van der Waals surface area contributed by atoms with E-state index in [-0.39, 0.29) is 46.0 Å². The van der Waals surface area contributed by atoms with Crippen molar-refractivity contribution >= 4 is 0 Å². The zero-order valence-corrected chi connectivity index (χ0v) is 35.7. The fraction of sp³-hybridized carbons (Fsp3) is 0.143. The van der Waals surface area contributed by atoms with E-state index in [0.29, 0.717) is 73.1 Å². The lowest BCUT2D eigenvalue weighted by atomic mass is 9.68. The van der Waals surface area contributed by atoms with Crippen LogP contribution in [0.15, 0.2) is 146 Å². The number of rotatable bonds is 5. The van der Waals surface area contributed by atoms with Crippen LogP contribution in [0.3, 0.4) is 0 Å². The Kier molecular flexibility index (Phi) is 8.42. The van der Waals surface area contributed by atoms with Crippen molar-refractivity contribution in [2.75, 3.05) is 0 Å². The maximum absolute atomic E-state index is 12.4. The third kappa shape index (κ3) is 5.93. The second-order valence-electron chi connectivity index (χ2n) is 18.2. The smallest absolute Gasteiger partial charge is 0.135 e. The maximum atomic E-state index is 12.4. The van der Waals surface area contributed by atoms with Gasteiger partial charge in [-0.1, -0.05) is 48.5 Å². The predicted molar refractivity (Wildman–Crippen MR) is 246 cm³/mol. The summed E-state index contributed by atoms with van der Waals surface area (Å²) >= 11 is 0. The molecule has 12 heteroatoms. The van der Waals surface area contributed by atoms with Gasteiger partial charge >= 0.3 is 0 Å². The van der Waals surface area contributed by atoms with Crippen molar-refractivity contribution in [3.8, 4) is 69.0 Å². The van der Waals surface area contributed by atoms with Crippen LogP contribution in [-0.4, -0.2) is 40.9 Å². The summed E-state index contributed by atoms with van der Waals surface area (Å²) in [4.78, 5) is 0. The van der Waals surface area contributed by atoms with E-state index in [9.17, 15) is 40.9 Å². The van der Waals surface area contributed by atoms with Gasteiger partial charge in [0.25, 0.3) is 0 Å². The van der Waals surface area contributed by atoms with Gasteiger partial charge < -0.3 is 59.8 Å². The Bertz CT molecular complexity index is 3350. The Hall–Kier alpha value is -8.64. The normalized spacial score (nSPS) is 23.1. The first-order valence-electron chi connectivity index (χ1n) is 22.2. The third-order valence-electron chi connectivity index (χ3n) is 14.3. The largest absolute Gasteiger partial charge is 0.508 e. The molecule has 13 rings (SSSR count). The number of fused-ring (bicyclic) bond motifs is 6. The number of aromatic hydroxyl groups is 8. The lowest BCUT2D eigenvalue weighted by molar-refractivity contribution is 0.211. The molecule has 5 aliphatic rings. The molecule has 8 aromatic carbocycles. The third-order valence-corrected chi connectivity index (χ3v) is 14.3. The van der Waals surface area contributed by atoms with E-state index in [2.05, 4.69) is 0 Å². The minimum Gasteiger partial charge on any atom is -0.508 e. The van der Waals surface area contributed by atoms with Crippen LogP contribution >= 0.6 is 0 Å².